The van der Waals surface area contributed by atoms with Gasteiger partial charge in [-0.2, -0.15) is 22.7 Å². The molecule has 0 fully saturated rings. The van der Waals surface area contributed by atoms with E-state index in [0.717, 1.165) is 0 Å². The fourth-order valence-electron chi connectivity index (χ4n) is 0.848. The number of hydrogen-bond donors (Lipinski definition) is 0. The highest BCUT2D eigenvalue weighted by Gasteiger charge is 1.87. The average molecular weight is 224 g/mol. The predicted molar refractivity (Wildman–Crippen MR) is 67.6 cm³/mol. The van der Waals surface area contributed by atoms with Crippen molar-refractivity contribution in [1.29, 1.82) is 0 Å². The third-order valence-corrected chi connectivity index (χ3v) is 4.18. The van der Waals surface area contributed by atoms with Crippen molar-refractivity contribution in [2.24, 2.45) is 0 Å². The first kappa shape index (κ1) is 11.5. The lowest BCUT2D eigenvalue weighted by Gasteiger charge is -1.79. The zero-order chi connectivity index (χ0) is 10.6. The summed E-state index contributed by atoms with van der Waals surface area (Å²) in [5, 5.41) is 8.65. The van der Waals surface area contributed by atoms with E-state index in [1.54, 1.807) is 22.7 Å². The molecule has 0 atom stereocenters. The molecule has 2 aromatic rings. The van der Waals surface area contributed by atoms with Crippen molar-refractivity contribution in [2.75, 3.05) is 0 Å². The molecule has 0 aliphatic heterocycles. The third-order valence-electron chi connectivity index (χ3n) is 2.22. The molecule has 0 aromatic carbocycles. The Labute approximate surface area is 94.2 Å². The summed E-state index contributed by atoms with van der Waals surface area (Å²) in [4.78, 5) is 0. The third kappa shape index (κ3) is 3.28. The fourth-order valence-corrected chi connectivity index (χ4v) is 2.54. The molecule has 0 bridgehead atoms. The molecule has 0 unspecified atom stereocenters. The summed E-state index contributed by atoms with van der Waals surface area (Å²) < 4.78 is 0. The van der Waals surface area contributed by atoms with Gasteiger partial charge >= 0.3 is 0 Å². The van der Waals surface area contributed by atoms with Gasteiger partial charge in [-0.1, -0.05) is 0 Å². The van der Waals surface area contributed by atoms with Crippen molar-refractivity contribution in [2.45, 2.75) is 27.7 Å². The smallest absolute Gasteiger partial charge is 0.00613 e. The minimum atomic E-state index is 1.41. The maximum absolute atomic E-state index is 2.16. The molecule has 0 aliphatic rings. The van der Waals surface area contributed by atoms with Gasteiger partial charge in [0, 0.05) is 0 Å². The minimum absolute atomic E-state index is 1.41. The molecule has 14 heavy (non-hydrogen) atoms. The second-order valence-electron chi connectivity index (χ2n) is 3.48. The van der Waals surface area contributed by atoms with E-state index in [0.29, 0.717) is 0 Å². The van der Waals surface area contributed by atoms with E-state index < -0.39 is 0 Å². The SMILES string of the molecule is Cc1cscc1C.Cc1cscc1C. The zero-order valence-electron chi connectivity index (χ0n) is 9.13. The van der Waals surface area contributed by atoms with Crippen LogP contribution in [0.4, 0.5) is 0 Å². The Morgan fingerprint density at radius 3 is 0.857 bits per heavy atom. The van der Waals surface area contributed by atoms with Gasteiger partial charge in [-0.05, 0) is 71.5 Å². The summed E-state index contributed by atoms with van der Waals surface area (Å²) in [7, 11) is 0. The minimum Gasteiger partial charge on any atom is -0.152 e. The van der Waals surface area contributed by atoms with E-state index in [1.807, 2.05) is 0 Å². The van der Waals surface area contributed by atoms with E-state index in [9.17, 15) is 0 Å². The second kappa shape index (κ2) is 5.32. The molecule has 0 nitrogen and oxygen atoms in total. The Morgan fingerprint density at radius 1 is 0.571 bits per heavy atom. The summed E-state index contributed by atoms with van der Waals surface area (Å²) in [6.45, 7) is 8.52. The van der Waals surface area contributed by atoms with E-state index in [2.05, 4.69) is 49.2 Å². The van der Waals surface area contributed by atoms with Gasteiger partial charge in [-0.25, -0.2) is 0 Å². The van der Waals surface area contributed by atoms with Crippen molar-refractivity contribution in [3.8, 4) is 0 Å². The standard InChI is InChI=1S/2C6H8S/c2*1-5-3-7-4-6(5)2/h2*3-4H,1-2H3. The van der Waals surface area contributed by atoms with Crippen molar-refractivity contribution in [3.05, 3.63) is 43.8 Å². The van der Waals surface area contributed by atoms with Crippen LogP contribution < -0.4 is 0 Å². The van der Waals surface area contributed by atoms with Crippen molar-refractivity contribution >= 4 is 22.7 Å². The van der Waals surface area contributed by atoms with Gasteiger partial charge in [-0.3, -0.25) is 0 Å². The molecular weight excluding hydrogens is 208 g/mol. The molecule has 0 radical (unpaired) electrons. The second-order valence-corrected chi connectivity index (χ2v) is 4.96. The topological polar surface area (TPSA) is 0 Å². The molecule has 2 heteroatoms. The quantitative estimate of drug-likeness (QED) is 0.607. The Balaban J connectivity index is 0.000000140. The molecule has 76 valence electrons. The zero-order valence-corrected chi connectivity index (χ0v) is 10.8. The van der Waals surface area contributed by atoms with Crippen LogP contribution in [-0.2, 0) is 0 Å². The van der Waals surface area contributed by atoms with Crippen molar-refractivity contribution < 1.29 is 0 Å². The Bertz CT molecular complexity index is 311. The lowest BCUT2D eigenvalue weighted by atomic mass is 10.2. The van der Waals surface area contributed by atoms with E-state index >= 15 is 0 Å². The molecule has 0 amide bonds. The highest BCUT2D eigenvalue weighted by atomic mass is 32.1. The normalized spacial score (nSPS) is 9.43. The Hall–Kier alpha value is -0.600. The lowest BCUT2D eigenvalue weighted by Crippen LogP contribution is -1.63. The van der Waals surface area contributed by atoms with E-state index in [-0.39, 0.29) is 0 Å². The van der Waals surface area contributed by atoms with Crippen LogP contribution in [0.5, 0.6) is 0 Å². The molecule has 0 spiro atoms. The molecule has 0 saturated carbocycles. The molecule has 2 aromatic heterocycles. The van der Waals surface area contributed by atoms with Gasteiger partial charge in [0.1, 0.15) is 0 Å². The average Bonchev–Trinajstić information content (AvgIpc) is 2.67. The highest BCUT2D eigenvalue weighted by molar-refractivity contribution is 7.08. The summed E-state index contributed by atoms with van der Waals surface area (Å²) in [5.74, 6) is 0. The van der Waals surface area contributed by atoms with Gasteiger partial charge < -0.3 is 0 Å². The lowest BCUT2D eigenvalue weighted by molar-refractivity contribution is 1.41. The molecule has 2 rings (SSSR count). The predicted octanol–water partition coefficient (Wildman–Crippen LogP) is 4.73. The van der Waals surface area contributed by atoms with Gasteiger partial charge in [-0.15, -0.1) is 0 Å². The van der Waals surface area contributed by atoms with Crippen molar-refractivity contribution in [1.82, 2.24) is 0 Å². The Kier molecular flexibility index (Phi) is 4.36. The van der Waals surface area contributed by atoms with E-state index in [4.69, 9.17) is 0 Å². The molecular formula is C12H16S2. The van der Waals surface area contributed by atoms with Crippen LogP contribution in [0, 0.1) is 27.7 Å². The first-order valence-corrected chi connectivity index (χ1v) is 6.48. The largest absolute Gasteiger partial charge is 0.152 e. The summed E-state index contributed by atoms with van der Waals surface area (Å²) in [5.41, 5.74) is 5.63. The van der Waals surface area contributed by atoms with Crippen LogP contribution in [0.1, 0.15) is 22.3 Å². The van der Waals surface area contributed by atoms with Crippen LogP contribution in [0.15, 0.2) is 21.5 Å². The summed E-state index contributed by atoms with van der Waals surface area (Å²) >= 11 is 3.53. The van der Waals surface area contributed by atoms with Gasteiger partial charge in [0.05, 0.1) is 0 Å². The first-order valence-electron chi connectivity index (χ1n) is 4.60. The van der Waals surface area contributed by atoms with Gasteiger partial charge in [0.15, 0.2) is 0 Å². The number of aryl methyl sites for hydroxylation is 4. The maximum atomic E-state index is 2.16. The van der Waals surface area contributed by atoms with Crippen LogP contribution in [0.2, 0.25) is 0 Å². The summed E-state index contributed by atoms with van der Waals surface area (Å²) in [6, 6.07) is 0. The van der Waals surface area contributed by atoms with Gasteiger partial charge in [0.2, 0.25) is 0 Å². The summed E-state index contributed by atoms with van der Waals surface area (Å²) in [6.07, 6.45) is 0. The van der Waals surface area contributed by atoms with Gasteiger partial charge in [0.25, 0.3) is 0 Å². The highest BCUT2D eigenvalue weighted by Crippen LogP contribution is 2.11. The maximum Gasteiger partial charge on any atom is -0.00613 e. The number of hydrogen-bond acceptors (Lipinski definition) is 2. The number of rotatable bonds is 0. The first-order chi connectivity index (χ1) is 6.61. The molecule has 0 N–H and O–H groups in total. The van der Waals surface area contributed by atoms with E-state index in [1.165, 1.54) is 22.3 Å². The monoisotopic (exact) mass is 224 g/mol. The van der Waals surface area contributed by atoms with Crippen molar-refractivity contribution in [3.63, 3.8) is 0 Å². The molecule has 2 heterocycles. The Morgan fingerprint density at radius 2 is 0.786 bits per heavy atom. The fraction of sp³-hybridized carbons (Fsp3) is 0.333. The molecule has 0 aliphatic carbocycles. The molecule has 0 saturated heterocycles. The van der Waals surface area contributed by atoms with Crippen LogP contribution in [0.3, 0.4) is 0 Å². The number of thiophene rings is 2. The van der Waals surface area contributed by atoms with Crippen LogP contribution >= 0.6 is 22.7 Å². The van der Waals surface area contributed by atoms with Crippen LogP contribution in [0.25, 0.3) is 0 Å². The van der Waals surface area contributed by atoms with Crippen LogP contribution in [-0.4, -0.2) is 0 Å².